The zero-order chi connectivity index (χ0) is 24.0. The molecule has 0 aromatic heterocycles. The SMILES string of the molecule is CC[C@H](CC(=O)O)NC(=O)C(C)(CC)CNC(=O)OCC1c2ccccc2-c2ccccc21. The predicted octanol–water partition coefficient (Wildman–Crippen LogP) is 4.31. The van der Waals surface area contributed by atoms with Gasteiger partial charge in [0.25, 0.3) is 0 Å². The van der Waals surface area contributed by atoms with Crippen LogP contribution in [-0.4, -0.2) is 42.3 Å². The Morgan fingerprint density at radius 3 is 2.12 bits per heavy atom. The molecule has 0 radical (unpaired) electrons. The van der Waals surface area contributed by atoms with Crippen molar-refractivity contribution in [1.29, 1.82) is 0 Å². The number of hydrogen-bond acceptors (Lipinski definition) is 4. The van der Waals surface area contributed by atoms with E-state index in [0.29, 0.717) is 12.8 Å². The molecule has 2 atom stereocenters. The van der Waals surface area contributed by atoms with Crippen LogP contribution < -0.4 is 10.6 Å². The topological polar surface area (TPSA) is 105 Å². The fraction of sp³-hybridized carbons (Fsp3) is 0.423. The molecule has 0 saturated carbocycles. The lowest BCUT2D eigenvalue weighted by atomic mass is 9.86. The van der Waals surface area contributed by atoms with E-state index in [4.69, 9.17) is 9.84 Å². The van der Waals surface area contributed by atoms with Crippen LogP contribution in [-0.2, 0) is 14.3 Å². The van der Waals surface area contributed by atoms with E-state index in [0.717, 1.165) is 22.3 Å². The molecule has 1 aliphatic carbocycles. The lowest BCUT2D eigenvalue weighted by molar-refractivity contribution is -0.138. The summed E-state index contributed by atoms with van der Waals surface area (Å²) in [7, 11) is 0. The second-order valence-electron chi connectivity index (χ2n) is 8.77. The van der Waals surface area contributed by atoms with Crippen molar-refractivity contribution in [2.45, 2.75) is 52.0 Å². The van der Waals surface area contributed by atoms with Gasteiger partial charge in [-0.15, -0.1) is 0 Å². The number of carboxylic acid groups (broad SMARTS) is 1. The van der Waals surface area contributed by atoms with Crippen LogP contribution in [0.1, 0.15) is 57.1 Å². The number of hydrogen-bond donors (Lipinski definition) is 3. The van der Waals surface area contributed by atoms with Gasteiger partial charge in [-0.3, -0.25) is 9.59 Å². The molecule has 1 aliphatic rings. The Balaban J connectivity index is 1.58. The van der Waals surface area contributed by atoms with E-state index < -0.39 is 23.5 Å². The molecule has 3 N–H and O–H groups in total. The van der Waals surface area contributed by atoms with Gasteiger partial charge in [0.2, 0.25) is 5.91 Å². The van der Waals surface area contributed by atoms with Crippen LogP contribution in [0.2, 0.25) is 0 Å². The van der Waals surface area contributed by atoms with E-state index in [9.17, 15) is 14.4 Å². The van der Waals surface area contributed by atoms with Crippen LogP contribution >= 0.6 is 0 Å². The number of benzene rings is 2. The number of aliphatic carboxylic acids is 1. The number of alkyl carbamates (subject to hydrolysis) is 1. The van der Waals surface area contributed by atoms with Crippen molar-refractivity contribution in [1.82, 2.24) is 10.6 Å². The second-order valence-corrected chi connectivity index (χ2v) is 8.77. The highest BCUT2D eigenvalue weighted by molar-refractivity contribution is 5.84. The first kappa shape index (κ1) is 24.3. The molecule has 176 valence electrons. The number of ether oxygens (including phenoxy) is 1. The molecule has 7 heteroatoms. The van der Waals surface area contributed by atoms with Crippen LogP contribution in [0.25, 0.3) is 11.1 Å². The van der Waals surface area contributed by atoms with Gasteiger partial charge < -0.3 is 20.5 Å². The largest absolute Gasteiger partial charge is 0.481 e. The van der Waals surface area contributed by atoms with Gasteiger partial charge in [-0.25, -0.2) is 4.79 Å². The fourth-order valence-electron chi connectivity index (χ4n) is 4.15. The molecule has 0 spiro atoms. The lowest BCUT2D eigenvalue weighted by Gasteiger charge is -2.29. The number of rotatable bonds is 10. The van der Waals surface area contributed by atoms with Gasteiger partial charge in [-0.2, -0.15) is 0 Å². The first-order valence-corrected chi connectivity index (χ1v) is 11.4. The Morgan fingerprint density at radius 2 is 1.61 bits per heavy atom. The molecule has 0 heterocycles. The molecule has 7 nitrogen and oxygen atoms in total. The van der Waals surface area contributed by atoms with Crippen molar-refractivity contribution < 1.29 is 24.2 Å². The molecule has 1 unspecified atom stereocenters. The first-order chi connectivity index (χ1) is 15.8. The summed E-state index contributed by atoms with van der Waals surface area (Å²) in [4.78, 5) is 36.3. The molecule has 3 rings (SSSR count). The van der Waals surface area contributed by atoms with Gasteiger partial charge in [0.1, 0.15) is 6.61 Å². The minimum absolute atomic E-state index is 0.0367. The lowest BCUT2D eigenvalue weighted by Crippen LogP contribution is -2.49. The van der Waals surface area contributed by atoms with Gasteiger partial charge >= 0.3 is 12.1 Å². The van der Waals surface area contributed by atoms with Crippen molar-refractivity contribution in [3.8, 4) is 11.1 Å². The van der Waals surface area contributed by atoms with Crippen molar-refractivity contribution in [2.24, 2.45) is 5.41 Å². The first-order valence-electron chi connectivity index (χ1n) is 11.4. The molecular weight excluding hydrogens is 420 g/mol. The minimum atomic E-state index is -0.961. The van der Waals surface area contributed by atoms with Crippen LogP contribution in [0.4, 0.5) is 4.79 Å². The summed E-state index contributed by atoms with van der Waals surface area (Å²) in [5, 5.41) is 14.5. The number of nitrogens with one attached hydrogen (secondary N) is 2. The molecule has 0 bridgehead atoms. The number of amides is 2. The molecule has 2 aromatic carbocycles. The van der Waals surface area contributed by atoms with Crippen LogP contribution in [0.5, 0.6) is 0 Å². The standard InChI is InChI=1S/C26H32N2O5/c1-4-17(14-23(29)30)28-24(31)26(3,5-2)16-27-25(32)33-15-22-20-12-8-6-10-18(20)19-11-7-9-13-21(19)22/h6-13,17,22H,4-5,14-16H2,1-3H3,(H,27,32)(H,28,31)(H,29,30)/t17-,26?/m1/s1. The molecule has 2 amide bonds. The average Bonchev–Trinajstić information content (AvgIpc) is 3.14. The van der Waals surface area contributed by atoms with E-state index >= 15 is 0 Å². The van der Waals surface area contributed by atoms with E-state index in [1.54, 1.807) is 6.92 Å². The molecular formula is C26H32N2O5. The predicted molar refractivity (Wildman–Crippen MR) is 126 cm³/mol. The third-order valence-corrected chi connectivity index (χ3v) is 6.54. The van der Waals surface area contributed by atoms with Crippen LogP contribution in [0, 0.1) is 5.41 Å². The summed E-state index contributed by atoms with van der Waals surface area (Å²) < 4.78 is 5.55. The number of carboxylic acids is 1. The van der Waals surface area contributed by atoms with E-state index in [2.05, 4.69) is 34.9 Å². The van der Waals surface area contributed by atoms with Gasteiger partial charge in [-0.05, 0) is 42.0 Å². The maximum absolute atomic E-state index is 12.8. The van der Waals surface area contributed by atoms with Crippen molar-refractivity contribution in [2.75, 3.05) is 13.2 Å². The Bertz CT molecular complexity index is 976. The minimum Gasteiger partial charge on any atom is -0.481 e. The Morgan fingerprint density at radius 1 is 1.03 bits per heavy atom. The van der Waals surface area contributed by atoms with Gasteiger partial charge in [0.15, 0.2) is 0 Å². The second kappa shape index (κ2) is 10.5. The fourth-order valence-corrected chi connectivity index (χ4v) is 4.15. The third-order valence-electron chi connectivity index (χ3n) is 6.54. The van der Waals surface area contributed by atoms with E-state index in [-0.39, 0.29) is 31.4 Å². The molecule has 0 aliphatic heterocycles. The smallest absolute Gasteiger partial charge is 0.407 e. The zero-order valence-electron chi connectivity index (χ0n) is 19.4. The Hall–Kier alpha value is -3.35. The van der Waals surface area contributed by atoms with Crippen molar-refractivity contribution >= 4 is 18.0 Å². The van der Waals surface area contributed by atoms with Crippen LogP contribution in [0.15, 0.2) is 48.5 Å². The highest BCUT2D eigenvalue weighted by atomic mass is 16.5. The zero-order valence-corrected chi connectivity index (χ0v) is 19.4. The highest BCUT2D eigenvalue weighted by Crippen LogP contribution is 2.44. The highest BCUT2D eigenvalue weighted by Gasteiger charge is 2.34. The van der Waals surface area contributed by atoms with Gasteiger partial charge in [0, 0.05) is 18.5 Å². The Labute approximate surface area is 194 Å². The van der Waals surface area contributed by atoms with E-state index in [1.165, 1.54) is 0 Å². The Kier molecular flexibility index (Phi) is 7.74. The summed E-state index contributed by atoms with van der Waals surface area (Å²) in [6, 6.07) is 15.8. The number of carbonyl (C=O) groups is 3. The quantitative estimate of drug-likeness (QED) is 0.498. The molecule has 2 aromatic rings. The van der Waals surface area contributed by atoms with Crippen molar-refractivity contribution in [3.05, 3.63) is 59.7 Å². The molecule has 0 fully saturated rings. The third kappa shape index (κ3) is 5.53. The monoisotopic (exact) mass is 452 g/mol. The number of fused-ring (bicyclic) bond motifs is 3. The summed E-state index contributed by atoms with van der Waals surface area (Å²) in [5.41, 5.74) is 3.70. The number of carbonyl (C=O) groups excluding carboxylic acids is 2. The maximum atomic E-state index is 12.8. The summed E-state index contributed by atoms with van der Waals surface area (Å²) in [6.45, 7) is 5.73. The normalized spacial score (nSPS) is 15.0. The van der Waals surface area contributed by atoms with Crippen molar-refractivity contribution in [3.63, 3.8) is 0 Å². The van der Waals surface area contributed by atoms with E-state index in [1.807, 2.05) is 38.1 Å². The van der Waals surface area contributed by atoms with Crippen LogP contribution in [0.3, 0.4) is 0 Å². The maximum Gasteiger partial charge on any atom is 0.407 e. The molecule has 0 saturated heterocycles. The van der Waals surface area contributed by atoms with Gasteiger partial charge in [-0.1, -0.05) is 62.4 Å². The average molecular weight is 453 g/mol. The molecule has 33 heavy (non-hydrogen) atoms. The summed E-state index contributed by atoms with van der Waals surface area (Å²) >= 11 is 0. The summed E-state index contributed by atoms with van der Waals surface area (Å²) in [6.07, 6.45) is 0.271. The summed E-state index contributed by atoms with van der Waals surface area (Å²) in [5.74, 6) is -1.28. The van der Waals surface area contributed by atoms with Gasteiger partial charge in [0.05, 0.1) is 11.8 Å².